The van der Waals surface area contributed by atoms with E-state index < -0.39 is 0 Å². The Morgan fingerprint density at radius 3 is 2.30 bits per heavy atom. The van der Waals surface area contributed by atoms with Gasteiger partial charge in [0.15, 0.2) is 0 Å². The number of aryl methyl sites for hydroxylation is 1. The van der Waals surface area contributed by atoms with E-state index >= 15 is 0 Å². The van der Waals surface area contributed by atoms with E-state index in [4.69, 9.17) is 0 Å². The summed E-state index contributed by atoms with van der Waals surface area (Å²) in [6.07, 6.45) is 7.81. The smallest absolute Gasteiger partial charge is 0.0236 e. The monoisotopic (exact) mass is 364 g/mol. The van der Waals surface area contributed by atoms with Crippen molar-refractivity contribution >= 4 is 0 Å². The fourth-order valence-electron chi connectivity index (χ4n) is 4.30. The molecular formula is C25H36N2. The van der Waals surface area contributed by atoms with Crippen molar-refractivity contribution in [3.63, 3.8) is 0 Å². The van der Waals surface area contributed by atoms with Crippen LogP contribution in [0, 0.1) is 0 Å². The zero-order valence-corrected chi connectivity index (χ0v) is 17.2. The van der Waals surface area contributed by atoms with E-state index in [1.54, 1.807) is 0 Å². The van der Waals surface area contributed by atoms with Crippen LogP contribution in [0.5, 0.6) is 0 Å². The predicted octanol–water partition coefficient (Wildman–Crippen LogP) is 5.38. The van der Waals surface area contributed by atoms with Gasteiger partial charge in [0, 0.05) is 25.2 Å². The standard InChI is InChI=1S/C25H36N2/c1-22(16-17-23-11-5-3-6-12-23)27(21-24-13-7-4-8-14-24)20-18-25-15-9-10-19-26(25)2/h3-8,11-14,22,25H,9-10,15-21H2,1-2H3. The van der Waals surface area contributed by atoms with Crippen LogP contribution in [0.15, 0.2) is 60.7 Å². The molecule has 0 saturated carbocycles. The van der Waals surface area contributed by atoms with E-state index in [2.05, 4.69) is 84.4 Å². The van der Waals surface area contributed by atoms with Crippen LogP contribution in [0.2, 0.25) is 0 Å². The average Bonchev–Trinajstić information content (AvgIpc) is 2.72. The van der Waals surface area contributed by atoms with Gasteiger partial charge in [0.2, 0.25) is 0 Å². The van der Waals surface area contributed by atoms with Crippen LogP contribution in [0.4, 0.5) is 0 Å². The zero-order chi connectivity index (χ0) is 18.9. The number of likely N-dealkylation sites (tertiary alicyclic amines) is 1. The predicted molar refractivity (Wildman–Crippen MR) is 116 cm³/mol. The highest BCUT2D eigenvalue weighted by Crippen LogP contribution is 2.20. The molecule has 1 heterocycles. The molecule has 0 N–H and O–H groups in total. The van der Waals surface area contributed by atoms with Gasteiger partial charge in [-0.1, -0.05) is 67.1 Å². The quantitative estimate of drug-likeness (QED) is 0.589. The van der Waals surface area contributed by atoms with E-state index in [1.165, 1.54) is 56.3 Å². The number of piperidine rings is 1. The number of hydrogen-bond acceptors (Lipinski definition) is 2. The van der Waals surface area contributed by atoms with Crippen LogP contribution < -0.4 is 0 Å². The summed E-state index contributed by atoms with van der Waals surface area (Å²) in [5.74, 6) is 0. The summed E-state index contributed by atoms with van der Waals surface area (Å²) in [5, 5.41) is 0. The van der Waals surface area contributed by atoms with Gasteiger partial charge in [-0.15, -0.1) is 0 Å². The van der Waals surface area contributed by atoms with Gasteiger partial charge in [0.25, 0.3) is 0 Å². The van der Waals surface area contributed by atoms with Crippen molar-refractivity contribution < 1.29 is 0 Å². The third-order valence-electron chi connectivity index (χ3n) is 6.22. The van der Waals surface area contributed by atoms with Crippen molar-refractivity contribution in [3.05, 3.63) is 71.8 Å². The molecule has 2 unspecified atom stereocenters. The highest BCUT2D eigenvalue weighted by molar-refractivity contribution is 5.16. The Hall–Kier alpha value is -1.64. The minimum Gasteiger partial charge on any atom is -0.303 e. The number of benzene rings is 2. The van der Waals surface area contributed by atoms with Gasteiger partial charge in [0.05, 0.1) is 0 Å². The van der Waals surface area contributed by atoms with E-state index in [0.29, 0.717) is 6.04 Å². The lowest BCUT2D eigenvalue weighted by Crippen LogP contribution is -2.41. The Morgan fingerprint density at radius 2 is 1.63 bits per heavy atom. The van der Waals surface area contributed by atoms with Gasteiger partial charge in [-0.3, -0.25) is 4.90 Å². The van der Waals surface area contributed by atoms with Crippen molar-refractivity contribution in [3.8, 4) is 0 Å². The van der Waals surface area contributed by atoms with E-state index in [9.17, 15) is 0 Å². The molecule has 2 aromatic carbocycles. The maximum absolute atomic E-state index is 2.71. The van der Waals surface area contributed by atoms with Gasteiger partial charge in [-0.2, -0.15) is 0 Å². The van der Waals surface area contributed by atoms with Crippen molar-refractivity contribution in [2.75, 3.05) is 20.1 Å². The second-order valence-corrected chi connectivity index (χ2v) is 8.25. The fraction of sp³-hybridized carbons (Fsp3) is 0.520. The number of rotatable bonds is 9. The molecule has 0 spiro atoms. The van der Waals surface area contributed by atoms with Crippen molar-refractivity contribution in [2.45, 2.75) is 64.1 Å². The maximum atomic E-state index is 2.71. The molecule has 3 rings (SSSR count). The molecule has 146 valence electrons. The van der Waals surface area contributed by atoms with Crippen LogP contribution in [0.1, 0.15) is 50.2 Å². The SMILES string of the molecule is CC(CCc1ccccc1)N(CCC1CCCCN1C)Cc1ccccc1. The van der Waals surface area contributed by atoms with Crippen molar-refractivity contribution in [2.24, 2.45) is 0 Å². The Morgan fingerprint density at radius 1 is 0.963 bits per heavy atom. The molecular weight excluding hydrogens is 328 g/mol. The first-order valence-corrected chi connectivity index (χ1v) is 10.7. The molecule has 0 amide bonds. The second kappa shape index (κ2) is 10.6. The summed E-state index contributed by atoms with van der Waals surface area (Å²) >= 11 is 0. The van der Waals surface area contributed by atoms with Crippen molar-refractivity contribution in [1.82, 2.24) is 9.80 Å². The summed E-state index contributed by atoms with van der Waals surface area (Å²) in [6.45, 7) is 5.94. The Labute approximate surface area is 166 Å². The third-order valence-corrected chi connectivity index (χ3v) is 6.22. The first-order chi connectivity index (χ1) is 13.2. The minimum atomic E-state index is 0.597. The van der Waals surface area contributed by atoms with E-state index in [0.717, 1.165) is 19.0 Å². The van der Waals surface area contributed by atoms with E-state index in [1.807, 2.05) is 0 Å². The summed E-state index contributed by atoms with van der Waals surface area (Å²) < 4.78 is 0. The molecule has 2 aromatic rings. The molecule has 2 atom stereocenters. The van der Waals surface area contributed by atoms with Crippen molar-refractivity contribution in [1.29, 1.82) is 0 Å². The molecule has 0 bridgehead atoms. The topological polar surface area (TPSA) is 6.48 Å². The molecule has 2 nitrogen and oxygen atoms in total. The lowest BCUT2D eigenvalue weighted by molar-refractivity contribution is 0.131. The molecule has 0 radical (unpaired) electrons. The first kappa shape index (κ1) is 20.1. The lowest BCUT2D eigenvalue weighted by atomic mass is 9.99. The van der Waals surface area contributed by atoms with Gasteiger partial charge in [0.1, 0.15) is 0 Å². The van der Waals surface area contributed by atoms with Crippen LogP contribution in [0.25, 0.3) is 0 Å². The summed E-state index contributed by atoms with van der Waals surface area (Å²) in [7, 11) is 2.31. The number of nitrogens with zero attached hydrogens (tertiary/aromatic N) is 2. The number of hydrogen-bond donors (Lipinski definition) is 0. The van der Waals surface area contributed by atoms with Gasteiger partial charge < -0.3 is 4.90 Å². The Kier molecular flexibility index (Phi) is 7.92. The minimum absolute atomic E-state index is 0.597. The molecule has 0 aliphatic carbocycles. The molecule has 1 aliphatic rings. The molecule has 1 saturated heterocycles. The van der Waals surface area contributed by atoms with Gasteiger partial charge in [-0.05, 0) is 63.7 Å². The highest BCUT2D eigenvalue weighted by Gasteiger charge is 2.21. The second-order valence-electron chi connectivity index (χ2n) is 8.25. The molecule has 0 aromatic heterocycles. The highest BCUT2D eigenvalue weighted by atomic mass is 15.2. The molecule has 1 aliphatic heterocycles. The summed E-state index contributed by atoms with van der Waals surface area (Å²) in [6, 6.07) is 23.3. The normalized spacial score (nSPS) is 19.3. The fourth-order valence-corrected chi connectivity index (χ4v) is 4.30. The largest absolute Gasteiger partial charge is 0.303 e. The van der Waals surface area contributed by atoms with Crippen LogP contribution in [-0.4, -0.2) is 42.0 Å². The zero-order valence-electron chi connectivity index (χ0n) is 17.2. The average molecular weight is 365 g/mol. The molecule has 2 heteroatoms. The summed E-state index contributed by atoms with van der Waals surface area (Å²) in [5.41, 5.74) is 2.89. The van der Waals surface area contributed by atoms with Crippen LogP contribution in [0.3, 0.4) is 0 Å². The van der Waals surface area contributed by atoms with E-state index in [-0.39, 0.29) is 0 Å². The van der Waals surface area contributed by atoms with Crippen LogP contribution in [-0.2, 0) is 13.0 Å². The Bertz CT molecular complexity index is 640. The molecule has 1 fully saturated rings. The Balaban J connectivity index is 1.59. The van der Waals surface area contributed by atoms with Gasteiger partial charge >= 0.3 is 0 Å². The summed E-state index contributed by atoms with van der Waals surface area (Å²) in [4.78, 5) is 5.29. The molecule has 27 heavy (non-hydrogen) atoms. The lowest BCUT2D eigenvalue weighted by Gasteiger charge is -2.36. The third kappa shape index (κ3) is 6.48. The first-order valence-electron chi connectivity index (χ1n) is 10.7. The van der Waals surface area contributed by atoms with Gasteiger partial charge in [-0.25, -0.2) is 0 Å². The van der Waals surface area contributed by atoms with Crippen LogP contribution >= 0.6 is 0 Å². The maximum Gasteiger partial charge on any atom is 0.0236 e.